The van der Waals surface area contributed by atoms with Crippen LogP contribution < -0.4 is 14.8 Å². The topological polar surface area (TPSA) is 88.2 Å². The van der Waals surface area contributed by atoms with Gasteiger partial charge in [-0.1, -0.05) is 25.0 Å². The number of rotatable bonds is 10. The molecule has 1 amide bonds. The average Bonchev–Trinajstić information content (AvgIpc) is 3.10. The van der Waals surface area contributed by atoms with Gasteiger partial charge in [-0.3, -0.25) is 9.69 Å². The molecule has 1 aliphatic rings. The van der Waals surface area contributed by atoms with Gasteiger partial charge in [0.25, 0.3) is 0 Å². The van der Waals surface area contributed by atoms with Crippen molar-refractivity contribution in [2.75, 3.05) is 52.3 Å². The summed E-state index contributed by atoms with van der Waals surface area (Å²) < 4.78 is 52.2. The fourth-order valence-electron chi connectivity index (χ4n) is 3.76. The Morgan fingerprint density at radius 1 is 1.09 bits per heavy atom. The molecular formula is C24H32FN3O5S. The summed E-state index contributed by atoms with van der Waals surface area (Å²) in [6.45, 7) is 1.62. The van der Waals surface area contributed by atoms with E-state index >= 15 is 0 Å². The van der Waals surface area contributed by atoms with Crippen LogP contribution in [0.5, 0.6) is 11.5 Å². The number of benzene rings is 2. The van der Waals surface area contributed by atoms with Gasteiger partial charge < -0.3 is 14.8 Å². The van der Waals surface area contributed by atoms with Crippen LogP contribution in [0.25, 0.3) is 0 Å². The van der Waals surface area contributed by atoms with E-state index in [1.807, 2.05) is 0 Å². The van der Waals surface area contributed by atoms with Crippen molar-refractivity contribution >= 4 is 21.6 Å². The fourth-order valence-corrected chi connectivity index (χ4v) is 5.31. The van der Waals surface area contributed by atoms with E-state index in [-0.39, 0.29) is 29.7 Å². The Bertz CT molecular complexity index is 1070. The summed E-state index contributed by atoms with van der Waals surface area (Å²) in [6.07, 6.45) is 3.72. The van der Waals surface area contributed by atoms with E-state index in [1.54, 1.807) is 36.2 Å². The second-order valence-corrected chi connectivity index (χ2v) is 10.2. The summed E-state index contributed by atoms with van der Waals surface area (Å²) in [6, 6.07) is 10.6. The van der Waals surface area contributed by atoms with Crippen molar-refractivity contribution in [1.82, 2.24) is 9.21 Å². The first-order chi connectivity index (χ1) is 16.3. The summed E-state index contributed by atoms with van der Waals surface area (Å²) >= 11 is 0. The zero-order valence-corrected chi connectivity index (χ0v) is 20.4. The number of carbonyl (C=O) groups excluding carboxylic acids is 1. The predicted octanol–water partition coefficient (Wildman–Crippen LogP) is 3.35. The lowest BCUT2D eigenvalue weighted by molar-refractivity contribution is -0.117. The lowest BCUT2D eigenvalue weighted by atomic mass is 10.2. The first-order valence-corrected chi connectivity index (χ1v) is 12.8. The van der Waals surface area contributed by atoms with E-state index in [4.69, 9.17) is 9.47 Å². The molecular weight excluding hydrogens is 461 g/mol. The minimum atomic E-state index is -3.66. The van der Waals surface area contributed by atoms with Crippen LogP contribution in [0.15, 0.2) is 47.4 Å². The number of anilines is 1. The first kappa shape index (κ1) is 25.9. The molecule has 0 unspecified atom stereocenters. The zero-order chi connectivity index (χ0) is 24.6. The minimum absolute atomic E-state index is 0.0346. The van der Waals surface area contributed by atoms with Crippen LogP contribution in [0.1, 0.15) is 25.7 Å². The molecule has 0 bridgehead atoms. The van der Waals surface area contributed by atoms with Gasteiger partial charge in [-0.05, 0) is 50.2 Å². The molecule has 1 aliphatic heterocycles. The van der Waals surface area contributed by atoms with E-state index in [1.165, 1.54) is 29.6 Å². The second kappa shape index (κ2) is 12.1. The Balaban J connectivity index is 1.61. The Labute approximate surface area is 200 Å². The van der Waals surface area contributed by atoms with Crippen molar-refractivity contribution in [3.8, 4) is 11.5 Å². The van der Waals surface area contributed by atoms with Crippen molar-refractivity contribution in [2.24, 2.45) is 0 Å². The first-order valence-electron chi connectivity index (χ1n) is 11.3. The van der Waals surface area contributed by atoms with Gasteiger partial charge in [-0.15, -0.1) is 0 Å². The largest absolute Gasteiger partial charge is 0.495 e. The summed E-state index contributed by atoms with van der Waals surface area (Å²) in [7, 11) is -0.468. The highest BCUT2D eigenvalue weighted by Gasteiger charge is 2.26. The van der Waals surface area contributed by atoms with Gasteiger partial charge in [0.05, 0.1) is 24.2 Å². The number of nitrogens with zero attached hydrogens (tertiary/aromatic N) is 2. The smallest absolute Gasteiger partial charge is 0.243 e. The fraction of sp³-hybridized carbons (Fsp3) is 0.458. The molecule has 1 heterocycles. The van der Waals surface area contributed by atoms with Crippen LogP contribution in [0.3, 0.4) is 0 Å². The number of likely N-dealkylation sites (N-methyl/N-ethyl adjacent to an activating group) is 1. The molecule has 0 spiro atoms. The van der Waals surface area contributed by atoms with Gasteiger partial charge in [0.15, 0.2) is 11.6 Å². The third kappa shape index (κ3) is 6.91. The number of ether oxygens (including phenoxy) is 2. The van der Waals surface area contributed by atoms with Crippen LogP contribution in [-0.2, 0) is 14.8 Å². The third-order valence-electron chi connectivity index (χ3n) is 5.63. The quantitative estimate of drug-likeness (QED) is 0.546. The summed E-state index contributed by atoms with van der Waals surface area (Å²) in [4.78, 5) is 14.5. The number of halogens is 1. The molecule has 1 fully saturated rings. The molecule has 10 heteroatoms. The molecule has 0 saturated carbocycles. The standard InChI is InChI=1S/C24H32FN3O5S/c1-27(15-16-33-22-10-6-5-9-20(22)25)18-24(29)26-21-17-19(11-12-23(21)32-2)34(30,31)28-13-7-3-4-8-14-28/h5-6,9-12,17H,3-4,7-8,13-16,18H2,1-2H3,(H,26,29). The number of amides is 1. The van der Waals surface area contributed by atoms with Crippen LogP contribution >= 0.6 is 0 Å². The van der Waals surface area contributed by atoms with Crippen LogP contribution in [0, 0.1) is 5.82 Å². The van der Waals surface area contributed by atoms with Gasteiger partial charge in [-0.25, -0.2) is 12.8 Å². The van der Waals surface area contributed by atoms with Crippen molar-refractivity contribution in [3.05, 3.63) is 48.3 Å². The normalized spacial score (nSPS) is 15.1. The van der Waals surface area contributed by atoms with Crippen LogP contribution in [0.2, 0.25) is 0 Å². The molecule has 3 rings (SSSR count). The number of nitrogens with one attached hydrogen (secondary N) is 1. The summed E-state index contributed by atoms with van der Waals surface area (Å²) in [5, 5.41) is 2.75. The molecule has 186 valence electrons. The molecule has 2 aromatic carbocycles. The van der Waals surface area contributed by atoms with Gasteiger partial charge in [0.2, 0.25) is 15.9 Å². The summed E-state index contributed by atoms with van der Waals surface area (Å²) in [5.41, 5.74) is 0.291. The molecule has 0 aromatic heterocycles. The van der Waals surface area contributed by atoms with Gasteiger partial charge in [0, 0.05) is 19.6 Å². The third-order valence-corrected chi connectivity index (χ3v) is 7.52. The van der Waals surface area contributed by atoms with Crippen molar-refractivity contribution < 1.29 is 27.1 Å². The molecule has 2 aromatic rings. The van der Waals surface area contributed by atoms with Crippen molar-refractivity contribution in [2.45, 2.75) is 30.6 Å². The number of carbonyl (C=O) groups is 1. The average molecular weight is 494 g/mol. The molecule has 1 saturated heterocycles. The number of methoxy groups -OCH3 is 1. The molecule has 1 N–H and O–H groups in total. The van der Waals surface area contributed by atoms with Crippen molar-refractivity contribution in [3.63, 3.8) is 0 Å². The number of sulfonamides is 1. The lowest BCUT2D eigenvalue weighted by Gasteiger charge is -2.21. The van der Waals surface area contributed by atoms with Crippen LogP contribution in [0.4, 0.5) is 10.1 Å². The second-order valence-electron chi connectivity index (χ2n) is 8.25. The predicted molar refractivity (Wildman–Crippen MR) is 128 cm³/mol. The Kier molecular flexibility index (Phi) is 9.26. The van der Waals surface area contributed by atoms with E-state index in [0.29, 0.717) is 31.1 Å². The van der Waals surface area contributed by atoms with Crippen LogP contribution in [-0.4, -0.2) is 70.5 Å². The maximum absolute atomic E-state index is 13.6. The molecule has 0 atom stereocenters. The van der Waals surface area contributed by atoms with Crippen molar-refractivity contribution in [1.29, 1.82) is 0 Å². The zero-order valence-electron chi connectivity index (χ0n) is 19.6. The number of hydrogen-bond donors (Lipinski definition) is 1. The highest BCUT2D eigenvalue weighted by atomic mass is 32.2. The highest BCUT2D eigenvalue weighted by molar-refractivity contribution is 7.89. The Hall–Kier alpha value is -2.69. The van der Waals surface area contributed by atoms with Gasteiger partial charge >= 0.3 is 0 Å². The van der Waals surface area contributed by atoms with E-state index in [9.17, 15) is 17.6 Å². The Morgan fingerprint density at radius 2 is 1.79 bits per heavy atom. The van der Waals surface area contributed by atoms with E-state index in [2.05, 4.69) is 5.32 Å². The van der Waals surface area contributed by atoms with Gasteiger partial charge in [-0.2, -0.15) is 4.31 Å². The maximum atomic E-state index is 13.6. The lowest BCUT2D eigenvalue weighted by Crippen LogP contribution is -2.33. The number of hydrogen-bond acceptors (Lipinski definition) is 6. The summed E-state index contributed by atoms with van der Waals surface area (Å²) in [5.74, 6) is -0.248. The van der Waals surface area contributed by atoms with E-state index in [0.717, 1.165) is 25.7 Å². The molecule has 8 nitrogen and oxygen atoms in total. The monoisotopic (exact) mass is 493 g/mol. The minimum Gasteiger partial charge on any atom is -0.495 e. The SMILES string of the molecule is COc1ccc(S(=O)(=O)N2CCCCCC2)cc1NC(=O)CN(C)CCOc1ccccc1F. The molecule has 0 aliphatic carbocycles. The van der Waals surface area contributed by atoms with E-state index < -0.39 is 15.8 Å². The van der Waals surface area contributed by atoms with Gasteiger partial charge in [0.1, 0.15) is 12.4 Å². The highest BCUT2D eigenvalue weighted by Crippen LogP contribution is 2.30. The Morgan fingerprint density at radius 3 is 2.47 bits per heavy atom. The molecule has 0 radical (unpaired) electrons. The number of para-hydroxylation sites is 1. The maximum Gasteiger partial charge on any atom is 0.243 e. The molecule has 34 heavy (non-hydrogen) atoms.